The molecule has 0 aromatic heterocycles. The summed E-state index contributed by atoms with van der Waals surface area (Å²) in [6, 6.07) is 0. The Labute approximate surface area is 145 Å². The summed E-state index contributed by atoms with van der Waals surface area (Å²) in [5, 5.41) is 9.35. The maximum absolute atomic E-state index is 12.7. The number of rotatable bonds is 7. The molecule has 6 heteroatoms. The summed E-state index contributed by atoms with van der Waals surface area (Å²) in [7, 11) is 0. The Balaban J connectivity index is 5.29. The number of imide groups is 1. The molecule has 2 unspecified atom stereocenters. The first-order chi connectivity index (χ1) is 10.6. The van der Waals surface area contributed by atoms with E-state index in [0.29, 0.717) is 0 Å². The van der Waals surface area contributed by atoms with E-state index < -0.39 is 29.7 Å². The number of nitrogens with zero attached hydrogens (tertiary/aromatic N) is 1. The van der Waals surface area contributed by atoms with Crippen LogP contribution in [0, 0.1) is 28.6 Å². The minimum atomic E-state index is -1.35. The topological polar surface area (TPSA) is 101 Å². The number of carbonyl (C=O) groups excluding carboxylic acids is 2. The van der Waals surface area contributed by atoms with Crippen LogP contribution in [0.4, 0.5) is 4.79 Å². The molecule has 3 amide bonds. The Morgan fingerprint density at radius 1 is 1.04 bits per heavy atom. The van der Waals surface area contributed by atoms with Crippen molar-refractivity contribution in [1.82, 2.24) is 4.90 Å². The van der Waals surface area contributed by atoms with Gasteiger partial charge in [-0.15, -0.1) is 0 Å². The third-order valence-corrected chi connectivity index (χ3v) is 4.80. The van der Waals surface area contributed by atoms with Crippen LogP contribution in [-0.2, 0) is 9.59 Å². The number of nitrogens with two attached hydrogens (primary N) is 1. The number of carboxylic acid groups (broad SMARTS) is 1. The Kier molecular flexibility index (Phi) is 7.46. The summed E-state index contributed by atoms with van der Waals surface area (Å²) in [6.07, 6.45) is -0.440. The molecule has 0 spiro atoms. The molecule has 0 radical (unpaired) electrons. The highest BCUT2D eigenvalue weighted by molar-refractivity contribution is 5.93. The fourth-order valence-corrected chi connectivity index (χ4v) is 3.29. The lowest BCUT2D eigenvalue weighted by Crippen LogP contribution is -2.47. The second-order valence-corrected chi connectivity index (χ2v) is 8.84. The predicted molar refractivity (Wildman–Crippen MR) is 94.3 cm³/mol. The van der Waals surface area contributed by atoms with Crippen LogP contribution in [0.15, 0.2) is 0 Å². The Morgan fingerprint density at radius 3 is 1.83 bits per heavy atom. The van der Waals surface area contributed by atoms with Crippen molar-refractivity contribution in [2.24, 2.45) is 34.3 Å². The molecule has 0 aromatic carbocycles. The zero-order chi connectivity index (χ0) is 19.5. The van der Waals surface area contributed by atoms with E-state index in [-0.39, 0.29) is 23.3 Å². The van der Waals surface area contributed by atoms with E-state index in [2.05, 4.69) is 34.6 Å². The molecule has 0 aromatic rings. The largest absolute Gasteiger partial charge is 0.465 e. The minimum absolute atomic E-state index is 0.0186. The van der Waals surface area contributed by atoms with Crippen LogP contribution in [0.1, 0.15) is 61.8 Å². The highest BCUT2D eigenvalue weighted by Gasteiger charge is 2.39. The van der Waals surface area contributed by atoms with E-state index in [1.165, 1.54) is 6.92 Å². The highest BCUT2D eigenvalue weighted by atomic mass is 16.4. The average molecular weight is 342 g/mol. The van der Waals surface area contributed by atoms with Crippen molar-refractivity contribution >= 4 is 17.9 Å². The van der Waals surface area contributed by atoms with E-state index in [9.17, 15) is 19.5 Å². The third kappa shape index (κ3) is 6.49. The quantitative estimate of drug-likeness (QED) is 0.741. The Hall–Kier alpha value is -1.59. The summed E-state index contributed by atoms with van der Waals surface area (Å²) in [5.74, 6) is -2.31. The van der Waals surface area contributed by atoms with Crippen LogP contribution >= 0.6 is 0 Å². The van der Waals surface area contributed by atoms with Crippen molar-refractivity contribution in [3.63, 3.8) is 0 Å². The fraction of sp³-hybridized carbons (Fsp3) is 0.833. The zero-order valence-corrected chi connectivity index (χ0v) is 16.3. The fourth-order valence-electron chi connectivity index (χ4n) is 3.29. The summed E-state index contributed by atoms with van der Waals surface area (Å²) < 4.78 is 0. The van der Waals surface area contributed by atoms with E-state index in [0.717, 1.165) is 11.3 Å². The van der Waals surface area contributed by atoms with Crippen molar-refractivity contribution in [3.05, 3.63) is 0 Å². The molecule has 0 aliphatic carbocycles. The molecule has 3 atom stereocenters. The molecule has 24 heavy (non-hydrogen) atoms. The van der Waals surface area contributed by atoms with Crippen LogP contribution in [0.25, 0.3) is 0 Å². The first-order valence-corrected chi connectivity index (χ1v) is 8.43. The van der Waals surface area contributed by atoms with Gasteiger partial charge in [-0.1, -0.05) is 55.4 Å². The van der Waals surface area contributed by atoms with Gasteiger partial charge < -0.3 is 10.8 Å². The van der Waals surface area contributed by atoms with Gasteiger partial charge in [0.15, 0.2) is 0 Å². The molecule has 0 heterocycles. The summed E-state index contributed by atoms with van der Waals surface area (Å²) in [5.41, 5.74) is 5.16. The number of primary amides is 1. The van der Waals surface area contributed by atoms with Crippen LogP contribution in [-0.4, -0.2) is 34.5 Å². The van der Waals surface area contributed by atoms with Gasteiger partial charge in [-0.25, -0.2) is 9.69 Å². The SMILES string of the molecule is CC(C(=O)N(C[C@H](C)C(N)=O)C(=O)O)C(C)C(C)(C)CC(C)(C)C. The standard InChI is InChI=1S/C18H34N2O4/c1-11(14(19)21)9-20(16(23)24)15(22)12(2)13(3)18(7,8)10-17(4,5)6/h11-13H,9-10H2,1-8H3,(H2,19,21)(H,23,24)/t11-,12?,13?/m0/s1. The van der Waals surface area contributed by atoms with Crippen molar-refractivity contribution in [1.29, 1.82) is 0 Å². The Morgan fingerprint density at radius 2 is 1.50 bits per heavy atom. The van der Waals surface area contributed by atoms with Crippen molar-refractivity contribution in [2.45, 2.75) is 61.8 Å². The number of hydrogen-bond donors (Lipinski definition) is 2. The molecule has 0 aliphatic rings. The second kappa shape index (κ2) is 7.99. The molecule has 140 valence electrons. The first kappa shape index (κ1) is 22.4. The maximum Gasteiger partial charge on any atom is 0.414 e. The molecular formula is C18H34N2O4. The van der Waals surface area contributed by atoms with Gasteiger partial charge in [0.2, 0.25) is 11.8 Å². The van der Waals surface area contributed by atoms with E-state index in [4.69, 9.17) is 5.73 Å². The number of hydrogen-bond acceptors (Lipinski definition) is 3. The smallest absolute Gasteiger partial charge is 0.414 e. The lowest BCUT2D eigenvalue weighted by molar-refractivity contribution is -0.137. The molecule has 0 fully saturated rings. The Bertz CT molecular complexity index is 480. The molecule has 6 nitrogen and oxygen atoms in total. The van der Waals surface area contributed by atoms with E-state index >= 15 is 0 Å². The van der Waals surface area contributed by atoms with Gasteiger partial charge in [0.25, 0.3) is 0 Å². The molecule has 0 saturated carbocycles. The van der Waals surface area contributed by atoms with Gasteiger partial charge in [0.1, 0.15) is 0 Å². The van der Waals surface area contributed by atoms with Gasteiger partial charge in [0, 0.05) is 12.5 Å². The lowest BCUT2D eigenvalue weighted by atomic mass is 9.66. The van der Waals surface area contributed by atoms with Gasteiger partial charge in [0.05, 0.1) is 5.92 Å². The third-order valence-electron chi connectivity index (χ3n) is 4.80. The summed E-state index contributed by atoms with van der Waals surface area (Å²) >= 11 is 0. The molecule has 3 N–H and O–H groups in total. The summed E-state index contributed by atoms with van der Waals surface area (Å²) in [6.45, 7) is 15.7. The van der Waals surface area contributed by atoms with Crippen LogP contribution < -0.4 is 5.73 Å². The van der Waals surface area contributed by atoms with Crippen molar-refractivity contribution < 1.29 is 19.5 Å². The summed E-state index contributed by atoms with van der Waals surface area (Å²) in [4.78, 5) is 36.1. The molecule has 0 saturated heterocycles. The van der Waals surface area contributed by atoms with Gasteiger partial charge in [-0.2, -0.15) is 0 Å². The molecule has 0 bridgehead atoms. The first-order valence-electron chi connectivity index (χ1n) is 8.43. The molecule has 0 rings (SSSR count). The number of amides is 3. The lowest BCUT2D eigenvalue weighted by Gasteiger charge is -2.40. The van der Waals surface area contributed by atoms with Gasteiger partial charge in [-0.05, 0) is 23.2 Å². The van der Waals surface area contributed by atoms with Crippen LogP contribution in [0.3, 0.4) is 0 Å². The molecular weight excluding hydrogens is 308 g/mol. The van der Waals surface area contributed by atoms with Crippen molar-refractivity contribution in [3.8, 4) is 0 Å². The average Bonchev–Trinajstić information content (AvgIpc) is 2.38. The van der Waals surface area contributed by atoms with Gasteiger partial charge in [-0.3, -0.25) is 9.59 Å². The normalized spacial score (nSPS) is 16.2. The van der Waals surface area contributed by atoms with E-state index in [1.807, 2.05) is 6.92 Å². The van der Waals surface area contributed by atoms with Crippen LogP contribution in [0.2, 0.25) is 0 Å². The van der Waals surface area contributed by atoms with Gasteiger partial charge >= 0.3 is 6.09 Å². The van der Waals surface area contributed by atoms with Crippen molar-refractivity contribution in [2.75, 3.05) is 6.54 Å². The molecule has 0 aliphatic heterocycles. The zero-order valence-electron chi connectivity index (χ0n) is 16.3. The van der Waals surface area contributed by atoms with E-state index in [1.54, 1.807) is 6.92 Å². The second-order valence-electron chi connectivity index (χ2n) is 8.84. The highest BCUT2D eigenvalue weighted by Crippen LogP contribution is 2.42. The minimum Gasteiger partial charge on any atom is -0.465 e. The maximum atomic E-state index is 12.7. The monoisotopic (exact) mass is 342 g/mol. The predicted octanol–water partition coefficient (Wildman–Crippen LogP) is 3.35. The number of carbonyl (C=O) groups is 3. The van der Waals surface area contributed by atoms with Crippen LogP contribution in [0.5, 0.6) is 0 Å².